The molecule has 8 heteroatoms. The molecule has 0 aromatic heterocycles. The Hall–Kier alpha value is -1.99. The van der Waals surface area contributed by atoms with Crippen LogP contribution in [0.15, 0.2) is 0 Å². The zero-order valence-electron chi connectivity index (χ0n) is 11.1. The number of carboxylic acids is 1. The van der Waals surface area contributed by atoms with Gasteiger partial charge >= 0.3 is 18.0 Å². The number of nitrogens with zero attached hydrogens (tertiary/aromatic N) is 3. The number of carboxylic acid groups (broad SMARTS) is 1. The maximum Gasteiger partial charge on any atom is 0.326 e. The maximum absolute atomic E-state index is 12.4. The van der Waals surface area contributed by atoms with Gasteiger partial charge in [-0.05, 0) is 12.8 Å². The van der Waals surface area contributed by atoms with E-state index < -0.39 is 12.0 Å². The minimum Gasteiger partial charge on any atom is -0.480 e. The molecule has 2 atom stereocenters. The summed E-state index contributed by atoms with van der Waals surface area (Å²) in [7, 11) is 0. The van der Waals surface area contributed by atoms with Gasteiger partial charge in [0.25, 0.3) is 0 Å². The van der Waals surface area contributed by atoms with Gasteiger partial charge in [-0.3, -0.25) is 0 Å². The Labute approximate surface area is 116 Å². The molecule has 0 spiro atoms. The molecular formula is C12H18N4O4. The molecule has 0 aliphatic carbocycles. The number of nitrogens with one attached hydrogen (secondary N) is 1. The minimum atomic E-state index is -0.938. The van der Waals surface area contributed by atoms with E-state index in [1.165, 1.54) is 4.90 Å². The lowest BCUT2D eigenvalue weighted by molar-refractivity contribution is -0.141. The van der Waals surface area contributed by atoms with Crippen LogP contribution < -0.4 is 5.32 Å². The van der Waals surface area contributed by atoms with E-state index in [1.54, 1.807) is 9.80 Å². The minimum absolute atomic E-state index is 0.00563. The number of fused-ring (bicyclic) bond motifs is 1. The van der Waals surface area contributed by atoms with Crippen molar-refractivity contribution in [2.75, 3.05) is 32.7 Å². The first-order chi connectivity index (χ1) is 9.58. The number of urea groups is 2. The number of hydrogen-bond acceptors (Lipinski definition) is 3. The van der Waals surface area contributed by atoms with E-state index in [9.17, 15) is 14.4 Å². The van der Waals surface area contributed by atoms with Crippen LogP contribution in [0.1, 0.15) is 12.8 Å². The number of aliphatic carboxylic acids is 1. The molecular weight excluding hydrogens is 264 g/mol. The van der Waals surface area contributed by atoms with Gasteiger partial charge in [-0.15, -0.1) is 0 Å². The van der Waals surface area contributed by atoms with Crippen LogP contribution in [0, 0.1) is 0 Å². The monoisotopic (exact) mass is 282 g/mol. The number of likely N-dealkylation sites (tertiary alicyclic amines) is 1. The van der Waals surface area contributed by atoms with Crippen LogP contribution in [0.25, 0.3) is 0 Å². The molecule has 3 aliphatic heterocycles. The van der Waals surface area contributed by atoms with E-state index in [0.29, 0.717) is 39.1 Å². The molecule has 2 N–H and O–H groups in total. The van der Waals surface area contributed by atoms with Crippen molar-refractivity contribution in [2.45, 2.75) is 24.9 Å². The van der Waals surface area contributed by atoms with E-state index in [1.807, 2.05) is 0 Å². The Bertz CT molecular complexity index is 455. The van der Waals surface area contributed by atoms with E-state index in [2.05, 4.69) is 5.32 Å². The summed E-state index contributed by atoms with van der Waals surface area (Å²) in [6, 6.07) is -0.990. The van der Waals surface area contributed by atoms with Crippen molar-refractivity contribution < 1.29 is 19.5 Å². The zero-order chi connectivity index (χ0) is 14.3. The molecule has 0 bridgehead atoms. The van der Waals surface area contributed by atoms with E-state index in [0.717, 1.165) is 6.42 Å². The summed E-state index contributed by atoms with van der Waals surface area (Å²) in [5, 5.41) is 11.9. The Balaban J connectivity index is 1.66. The summed E-state index contributed by atoms with van der Waals surface area (Å²) >= 11 is 0. The predicted molar refractivity (Wildman–Crippen MR) is 68.2 cm³/mol. The number of carbonyl (C=O) groups is 3. The van der Waals surface area contributed by atoms with E-state index in [-0.39, 0.29) is 18.1 Å². The molecule has 1 unspecified atom stereocenters. The van der Waals surface area contributed by atoms with Crippen molar-refractivity contribution in [3.8, 4) is 0 Å². The summed E-state index contributed by atoms with van der Waals surface area (Å²) in [5.74, 6) is -0.938. The van der Waals surface area contributed by atoms with Gasteiger partial charge in [0.05, 0.1) is 6.04 Å². The number of carbonyl (C=O) groups excluding carboxylic acids is 2. The van der Waals surface area contributed by atoms with Gasteiger partial charge in [0.15, 0.2) is 0 Å². The zero-order valence-corrected chi connectivity index (χ0v) is 11.1. The predicted octanol–water partition coefficient (Wildman–Crippen LogP) is -0.635. The Morgan fingerprint density at radius 2 is 2.05 bits per heavy atom. The van der Waals surface area contributed by atoms with Crippen molar-refractivity contribution in [2.24, 2.45) is 0 Å². The molecule has 0 saturated carbocycles. The van der Waals surface area contributed by atoms with Crippen LogP contribution >= 0.6 is 0 Å². The molecule has 3 rings (SSSR count). The van der Waals surface area contributed by atoms with Gasteiger partial charge in [-0.1, -0.05) is 0 Å². The normalized spacial score (nSPS) is 29.4. The fourth-order valence-corrected chi connectivity index (χ4v) is 3.21. The first-order valence-electron chi connectivity index (χ1n) is 6.91. The van der Waals surface area contributed by atoms with Gasteiger partial charge in [-0.25, -0.2) is 14.4 Å². The van der Waals surface area contributed by atoms with Crippen molar-refractivity contribution >= 4 is 18.0 Å². The molecule has 8 nitrogen and oxygen atoms in total. The fourth-order valence-electron chi connectivity index (χ4n) is 3.21. The largest absolute Gasteiger partial charge is 0.480 e. The molecule has 110 valence electrons. The molecule has 3 fully saturated rings. The quantitative estimate of drug-likeness (QED) is 0.669. The van der Waals surface area contributed by atoms with Crippen molar-refractivity contribution in [3.63, 3.8) is 0 Å². The molecule has 3 saturated heterocycles. The second-order valence-electron chi connectivity index (χ2n) is 5.45. The third-order valence-electron chi connectivity index (χ3n) is 4.29. The number of amides is 4. The first-order valence-corrected chi connectivity index (χ1v) is 6.91. The average Bonchev–Trinajstić information content (AvgIpc) is 3.05. The van der Waals surface area contributed by atoms with Gasteiger partial charge in [-0.2, -0.15) is 0 Å². The SMILES string of the molecule is O=C(O)[C@@H]1CCCN1C(=O)N1CCN2C(=O)NCC2C1. The Kier molecular flexibility index (Phi) is 3.15. The summed E-state index contributed by atoms with van der Waals surface area (Å²) in [5.41, 5.74) is 0. The number of hydrogen-bond donors (Lipinski definition) is 2. The van der Waals surface area contributed by atoms with Gasteiger partial charge in [0.2, 0.25) is 0 Å². The highest BCUT2D eigenvalue weighted by Crippen LogP contribution is 2.22. The van der Waals surface area contributed by atoms with Crippen LogP contribution in [0.4, 0.5) is 9.59 Å². The van der Waals surface area contributed by atoms with Crippen LogP contribution in [0.3, 0.4) is 0 Å². The maximum atomic E-state index is 12.4. The lowest BCUT2D eigenvalue weighted by Crippen LogP contribution is -2.57. The topological polar surface area (TPSA) is 93.2 Å². The molecule has 3 aliphatic rings. The van der Waals surface area contributed by atoms with Gasteiger partial charge in [0.1, 0.15) is 6.04 Å². The summed E-state index contributed by atoms with van der Waals surface area (Å²) < 4.78 is 0. The Morgan fingerprint density at radius 3 is 2.80 bits per heavy atom. The second kappa shape index (κ2) is 4.84. The lowest BCUT2D eigenvalue weighted by atomic mass is 10.2. The van der Waals surface area contributed by atoms with Crippen molar-refractivity contribution in [1.82, 2.24) is 20.0 Å². The van der Waals surface area contributed by atoms with Crippen LogP contribution in [-0.4, -0.2) is 82.6 Å². The van der Waals surface area contributed by atoms with Crippen LogP contribution in [0.2, 0.25) is 0 Å². The third kappa shape index (κ3) is 2.04. The number of rotatable bonds is 1. The smallest absolute Gasteiger partial charge is 0.326 e. The number of piperazine rings is 1. The third-order valence-corrected chi connectivity index (χ3v) is 4.29. The van der Waals surface area contributed by atoms with Gasteiger partial charge in [0, 0.05) is 32.7 Å². The van der Waals surface area contributed by atoms with E-state index >= 15 is 0 Å². The van der Waals surface area contributed by atoms with Gasteiger partial charge < -0.3 is 25.1 Å². The van der Waals surface area contributed by atoms with Crippen molar-refractivity contribution in [3.05, 3.63) is 0 Å². The molecule has 0 aromatic rings. The first kappa shape index (κ1) is 13.0. The molecule has 20 heavy (non-hydrogen) atoms. The average molecular weight is 282 g/mol. The lowest BCUT2D eigenvalue weighted by Gasteiger charge is -2.38. The molecule has 3 heterocycles. The van der Waals surface area contributed by atoms with Crippen LogP contribution in [0.5, 0.6) is 0 Å². The highest BCUT2D eigenvalue weighted by Gasteiger charge is 2.41. The van der Waals surface area contributed by atoms with E-state index in [4.69, 9.17) is 5.11 Å². The standard InChI is InChI=1S/C12H18N4O4/c17-10(18)9-2-1-3-16(9)12(20)14-4-5-15-8(7-14)6-13-11(15)19/h8-9H,1-7H2,(H,13,19)(H,17,18)/t8?,9-/m0/s1. The van der Waals surface area contributed by atoms with Crippen LogP contribution in [-0.2, 0) is 4.79 Å². The summed E-state index contributed by atoms with van der Waals surface area (Å²) in [6.07, 6.45) is 1.25. The highest BCUT2D eigenvalue weighted by atomic mass is 16.4. The van der Waals surface area contributed by atoms with Crippen molar-refractivity contribution in [1.29, 1.82) is 0 Å². The Morgan fingerprint density at radius 1 is 1.25 bits per heavy atom. The highest BCUT2D eigenvalue weighted by molar-refractivity contribution is 5.84. The molecule has 0 aromatic carbocycles. The summed E-state index contributed by atoms with van der Waals surface area (Å²) in [6.45, 7) is 2.49. The summed E-state index contributed by atoms with van der Waals surface area (Å²) in [4.78, 5) is 40.0. The second-order valence-corrected chi connectivity index (χ2v) is 5.45. The fraction of sp³-hybridized carbons (Fsp3) is 0.750. The molecule has 4 amide bonds. The molecule has 0 radical (unpaired) electrons.